The van der Waals surface area contributed by atoms with E-state index in [0.29, 0.717) is 0 Å². The molecular formula is C19H13N3O5. The Labute approximate surface area is 153 Å². The molecular weight excluding hydrogens is 350 g/mol. The third kappa shape index (κ3) is 2.50. The summed E-state index contributed by atoms with van der Waals surface area (Å²) in [5, 5.41) is 4.74. The minimum atomic E-state index is -1.05. The molecule has 134 valence electrons. The molecule has 2 aromatic carbocycles. The number of nitrogens with zero attached hydrogens (tertiary/aromatic N) is 1. The zero-order valence-corrected chi connectivity index (χ0v) is 14.1. The topological polar surface area (TPSA) is 113 Å². The summed E-state index contributed by atoms with van der Waals surface area (Å²) in [4.78, 5) is 61.7. The molecule has 1 atom stereocenters. The van der Waals surface area contributed by atoms with E-state index in [1.54, 1.807) is 12.1 Å². The van der Waals surface area contributed by atoms with Gasteiger partial charge in [0.25, 0.3) is 23.6 Å². The average Bonchev–Trinajstić information content (AvgIpc) is 3.08. The largest absolute Gasteiger partial charge is 0.324 e. The summed E-state index contributed by atoms with van der Waals surface area (Å²) in [6, 6.07) is 9.60. The third-order valence-corrected chi connectivity index (χ3v) is 4.60. The van der Waals surface area contributed by atoms with E-state index >= 15 is 0 Å². The SMILES string of the molecule is CC(C(=O)Nc1ccc2c(c1)C(=O)NC2=O)N1C(=O)c2ccccc2C1=O. The van der Waals surface area contributed by atoms with Crippen molar-refractivity contribution < 1.29 is 24.0 Å². The van der Waals surface area contributed by atoms with Gasteiger partial charge in [0.05, 0.1) is 22.3 Å². The van der Waals surface area contributed by atoms with Gasteiger partial charge in [0.15, 0.2) is 0 Å². The average molecular weight is 363 g/mol. The van der Waals surface area contributed by atoms with Crippen LogP contribution in [0.15, 0.2) is 42.5 Å². The molecule has 2 aliphatic heterocycles. The number of imide groups is 2. The molecule has 0 aromatic heterocycles. The molecule has 2 N–H and O–H groups in total. The zero-order valence-electron chi connectivity index (χ0n) is 14.1. The van der Waals surface area contributed by atoms with E-state index in [9.17, 15) is 24.0 Å². The predicted molar refractivity (Wildman–Crippen MR) is 93.3 cm³/mol. The molecule has 0 spiro atoms. The second-order valence-electron chi connectivity index (χ2n) is 6.23. The Balaban J connectivity index is 1.55. The Hall–Kier alpha value is -3.81. The lowest BCUT2D eigenvalue weighted by molar-refractivity contribution is -0.119. The number of benzene rings is 2. The number of rotatable bonds is 3. The van der Waals surface area contributed by atoms with Crippen molar-refractivity contribution in [2.24, 2.45) is 0 Å². The molecule has 0 radical (unpaired) electrons. The standard InChI is InChI=1S/C19H13N3O5/c1-9(22-18(26)12-4-2-3-5-13(12)19(22)27)15(23)20-10-6-7-11-14(8-10)17(25)21-16(11)24/h2-9H,1H3,(H,20,23)(H,21,24,25). The van der Waals surface area contributed by atoms with Gasteiger partial charge in [0.2, 0.25) is 5.91 Å². The van der Waals surface area contributed by atoms with Gasteiger partial charge in [0.1, 0.15) is 6.04 Å². The highest BCUT2D eigenvalue weighted by Crippen LogP contribution is 2.25. The van der Waals surface area contributed by atoms with Gasteiger partial charge < -0.3 is 5.32 Å². The van der Waals surface area contributed by atoms with Gasteiger partial charge in [0, 0.05) is 5.69 Å². The summed E-state index contributed by atoms with van der Waals surface area (Å²) in [6.07, 6.45) is 0. The van der Waals surface area contributed by atoms with Crippen LogP contribution in [0.25, 0.3) is 0 Å². The maximum atomic E-state index is 12.6. The van der Waals surface area contributed by atoms with Crippen LogP contribution in [-0.2, 0) is 4.79 Å². The molecule has 27 heavy (non-hydrogen) atoms. The summed E-state index contributed by atoms with van der Waals surface area (Å²) in [5.74, 6) is -2.68. The Bertz CT molecular complexity index is 1020. The highest BCUT2D eigenvalue weighted by Gasteiger charge is 2.40. The lowest BCUT2D eigenvalue weighted by Crippen LogP contribution is -2.45. The lowest BCUT2D eigenvalue weighted by Gasteiger charge is -2.21. The van der Waals surface area contributed by atoms with Gasteiger partial charge in [-0.2, -0.15) is 0 Å². The number of anilines is 1. The van der Waals surface area contributed by atoms with Crippen LogP contribution < -0.4 is 10.6 Å². The van der Waals surface area contributed by atoms with Crippen molar-refractivity contribution >= 4 is 35.2 Å². The van der Waals surface area contributed by atoms with Crippen LogP contribution in [0.5, 0.6) is 0 Å². The summed E-state index contributed by atoms with van der Waals surface area (Å²) in [7, 11) is 0. The van der Waals surface area contributed by atoms with Crippen LogP contribution in [0.1, 0.15) is 48.4 Å². The molecule has 8 heteroatoms. The number of hydrogen-bond acceptors (Lipinski definition) is 5. The molecule has 2 aromatic rings. The van der Waals surface area contributed by atoms with Crippen molar-refractivity contribution in [3.8, 4) is 0 Å². The first-order valence-corrected chi connectivity index (χ1v) is 8.16. The minimum Gasteiger partial charge on any atom is -0.324 e. The smallest absolute Gasteiger partial charge is 0.262 e. The van der Waals surface area contributed by atoms with E-state index in [0.717, 1.165) is 4.90 Å². The Kier molecular flexibility index (Phi) is 3.62. The molecule has 0 fully saturated rings. The second kappa shape index (κ2) is 5.87. The summed E-state index contributed by atoms with van der Waals surface area (Å²) < 4.78 is 0. The maximum absolute atomic E-state index is 12.6. The van der Waals surface area contributed by atoms with E-state index in [1.807, 2.05) is 0 Å². The first-order chi connectivity index (χ1) is 12.9. The summed E-state index contributed by atoms with van der Waals surface area (Å²) in [6.45, 7) is 1.45. The van der Waals surface area contributed by atoms with Crippen molar-refractivity contribution in [3.05, 3.63) is 64.7 Å². The first kappa shape index (κ1) is 16.6. The number of carbonyl (C=O) groups excluding carboxylic acids is 5. The predicted octanol–water partition coefficient (Wildman–Crippen LogP) is 1.19. The van der Waals surface area contributed by atoms with Crippen LogP contribution in [0.4, 0.5) is 5.69 Å². The number of amides is 5. The molecule has 5 amide bonds. The number of nitrogens with one attached hydrogen (secondary N) is 2. The number of carbonyl (C=O) groups is 5. The minimum absolute atomic E-state index is 0.159. The number of hydrogen-bond donors (Lipinski definition) is 2. The van der Waals surface area contributed by atoms with Crippen LogP contribution in [0, 0.1) is 0 Å². The van der Waals surface area contributed by atoms with Gasteiger partial charge in [-0.15, -0.1) is 0 Å². The first-order valence-electron chi connectivity index (χ1n) is 8.16. The normalized spacial score (nSPS) is 16.1. The summed E-state index contributed by atoms with van der Waals surface area (Å²) >= 11 is 0. The quantitative estimate of drug-likeness (QED) is 0.796. The molecule has 2 aliphatic rings. The molecule has 4 rings (SSSR count). The molecule has 1 unspecified atom stereocenters. The molecule has 8 nitrogen and oxygen atoms in total. The fourth-order valence-electron chi connectivity index (χ4n) is 3.17. The Morgan fingerprint density at radius 2 is 1.48 bits per heavy atom. The fraction of sp³-hybridized carbons (Fsp3) is 0.105. The van der Waals surface area contributed by atoms with Crippen molar-refractivity contribution in [1.29, 1.82) is 0 Å². The van der Waals surface area contributed by atoms with Crippen molar-refractivity contribution in [2.45, 2.75) is 13.0 Å². The van der Waals surface area contributed by atoms with Crippen molar-refractivity contribution in [2.75, 3.05) is 5.32 Å². The van der Waals surface area contributed by atoms with Crippen molar-refractivity contribution in [1.82, 2.24) is 10.2 Å². The highest BCUT2D eigenvalue weighted by molar-refractivity contribution is 6.24. The zero-order chi connectivity index (χ0) is 19.3. The molecule has 0 saturated carbocycles. The van der Waals surface area contributed by atoms with Gasteiger partial charge in [-0.1, -0.05) is 12.1 Å². The summed E-state index contributed by atoms with van der Waals surface area (Å²) in [5.41, 5.74) is 1.19. The van der Waals surface area contributed by atoms with Gasteiger partial charge in [-0.25, -0.2) is 0 Å². The highest BCUT2D eigenvalue weighted by atomic mass is 16.2. The van der Waals surface area contributed by atoms with Gasteiger partial charge >= 0.3 is 0 Å². The van der Waals surface area contributed by atoms with E-state index in [4.69, 9.17) is 0 Å². The number of fused-ring (bicyclic) bond motifs is 2. The molecule has 2 heterocycles. The van der Waals surface area contributed by atoms with Crippen LogP contribution >= 0.6 is 0 Å². The molecule has 0 aliphatic carbocycles. The van der Waals surface area contributed by atoms with Crippen molar-refractivity contribution in [3.63, 3.8) is 0 Å². The Morgan fingerprint density at radius 3 is 2.11 bits per heavy atom. The fourth-order valence-corrected chi connectivity index (χ4v) is 3.17. The van der Waals surface area contributed by atoms with Gasteiger partial charge in [-0.05, 0) is 37.3 Å². The van der Waals surface area contributed by atoms with Crippen LogP contribution in [-0.4, -0.2) is 40.5 Å². The van der Waals surface area contributed by atoms with E-state index < -0.39 is 35.6 Å². The van der Waals surface area contributed by atoms with E-state index in [1.165, 1.54) is 37.3 Å². The van der Waals surface area contributed by atoms with Crippen LogP contribution in [0.3, 0.4) is 0 Å². The third-order valence-electron chi connectivity index (χ3n) is 4.60. The van der Waals surface area contributed by atoms with Crippen LogP contribution in [0.2, 0.25) is 0 Å². The van der Waals surface area contributed by atoms with E-state index in [2.05, 4.69) is 10.6 Å². The molecule has 0 bridgehead atoms. The monoisotopic (exact) mass is 363 g/mol. The lowest BCUT2D eigenvalue weighted by atomic mass is 10.1. The maximum Gasteiger partial charge on any atom is 0.262 e. The second-order valence-corrected chi connectivity index (χ2v) is 6.23. The Morgan fingerprint density at radius 1 is 0.889 bits per heavy atom. The molecule has 0 saturated heterocycles. The van der Waals surface area contributed by atoms with Gasteiger partial charge in [-0.3, -0.25) is 34.2 Å². The van der Waals surface area contributed by atoms with E-state index in [-0.39, 0.29) is 27.9 Å².